The lowest BCUT2D eigenvalue weighted by molar-refractivity contribution is 0.0239. The number of methoxy groups -OCH3 is 3. The smallest absolute Gasteiger partial charge is 0.231 e. The Kier molecular flexibility index (Phi) is 6.81. The van der Waals surface area contributed by atoms with Gasteiger partial charge in [-0.2, -0.15) is 0 Å². The van der Waals surface area contributed by atoms with Crippen molar-refractivity contribution in [1.29, 1.82) is 0 Å². The Morgan fingerprint density at radius 3 is 2.46 bits per heavy atom. The van der Waals surface area contributed by atoms with E-state index in [0.717, 1.165) is 50.7 Å². The van der Waals surface area contributed by atoms with E-state index in [9.17, 15) is 4.79 Å². The highest BCUT2D eigenvalue weighted by atomic mass is 16.5. The van der Waals surface area contributed by atoms with Crippen LogP contribution in [-0.4, -0.2) is 83.0 Å². The Hall–Kier alpha value is -3.27. The van der Waals surface area contributed by atoms with E-state index in [4.69, 9.17) is 28.4 Å². The molecule has 0 atom stereocenters. The zero-order chi connectivity index (χ0) is 24.4. The minimum atomic E-state index is -0.176. The van der Waals surface area contributed by atoms with Gasteiger partial charge in [-0.15, -0.1) is 0 Å². The van der Waals surface area contributed by atoms with Crippen molar-refractivity contribution in [2.24, 2.45) is 0 Å². The fourth-order valence-corrected chi connectivity index (χ4v) is 4.63. The molecule has 35 heavy (non-hydrogen) atoms. The third kappa shape index (κ3) is 4.54. The van der Waals surface area contributed by atoms with E-state index in [2.05, 4.69) is 9.80 Å². The van der Waals surface area contributed by atoms with E-state index in [0.29, 0.717) is 47.4 Å². The summed E-state index contributed by atoms with van der Waals surface area (Å²) in [5.74, 6) is 2.82. The molecule has 3 heterocycles. The molecule has 0 N–H and O–H groups in total. The van der Waals surface area contributed by atoms with Crippen LogP contribution in [0.15, 0.2) is 30.0 Å². The number of hydrogen-bond acceptors (Lipinski definition) is 9. The molecule has 0 aromatic heterocycles. The molecule has 0 aliphatic carbocycles. The Labute approximate surface area is 204 Å². The van der Waals surface area contributed by atoms with Crippen molar-refractivity contribution in [1.82, 2.24) is 9.80 Å². The first kappa shape index (κ1) is 23.5. The van der Waals surface area contributed by atoms with Crippen LogP contribution in [0.5, 0.6) is 28.7 Å². The van der Waals surface area contributed by atoms with Crippen LogP contribution in [0.2, 0.25) is 0 Å². The van der Waals surface area contributed by atoms with E-state index in [1.165, 1.54) is 0 Å². The molecule has 1 saturated heterocycles. The summed E-state index contributed by atoms with van der Waals surface area (Å²) in [5.41, 5.74) is 2.08. The summed E-state index contributed by atoms with van der Waals surface area (Å²) < 4.78 is 34.0. The van der Waals surface area contributed by atoms with Gasteiger partial charge in [0.1, 0.15) is 18.2 Å². The predicted octanol–water partition coefficient (Wildman–Crippen LogP) is 2.81. The molecule has 3 aliphatic rings. The van der Waals surface area contributed by atoms with Crippen LogP contribution in [0.25, 0.3) is 6.08 Å². The van der Waals surface area contributed by atoms with Crippen molar-refractivity contribution in [2.75, 3.05) is 67.5 Å². The van der Waals surface area contributed by atoms with E-state index in [1.807, 2.05) is 6.07 Å². The lowest BCUT2D eigenvalue weighted by Gasteiger charge is -2.33. The first-order valence-corrected chi connectivity index (χ1v) is 11.7. The van der Waals surface area contributed by atoms with Gasteiger partial charge < -0.3 is 28.4 Å². The quantitative estimate of drug-likeness (QED) is 0.554. The SMILES string of the molecule is COc1ccc(/C=C2\Oc3c(ccc4c3CN(CCN3CCOCC3)CO4)C2=O)c(OC)c1OC. The van der Waals surface area contributed by atoms with Crippen LogP contribution in [0.1, 0.15) is 21.5 Å². The fourth-order valence-electron chi connectivity index (χ4n) is 4.63. The largest absolute Gasteiger partial charge is 0.493 e. The fraction of sp³-hybridized carbons (Fsp3) is 0.423. The normalized spacial score (nSPS) is 19.1. The second kappa shape index (κ2) is 10.2. The number of allylic oxidation sites excluding steroid dienone is 1. The highest BCUT2D eigenvalue weighted by molar-refractivity contribution is 6.15. The summed E-state index contributed by atoms with van der Waals surface area (Å²) in [6.45, 7) is 6.44. The average molecular weight is 483 g/mol. The topological polar surface area (TPSA) is 78.9 Å². The van der Waals surface area contributed by atoms with E-state index in [1.54, 1.807) is 45.6 Å². The van der Waals surface area contributed by atoms with Gasteiger partial charge in [0.15, 0.2) is 17.3 Å². The van der Waals surface area contributed by atoms with Gasteiger partial charge in [-0.05, 0) is 30.3 Å². The Balaban J connectivity index is 1.38. The standard InChI is InChI=1S/C26H30N2O7/c1-30-21-6-4-17(24(31-2)26(21)32-3)14-22-23(29)18-5-7-20-19(25(18)35-22)15-28(16-34-20)9-8-27-10-12-33-13-11-27/h4-7,14H,8-13,15-16H2,1-3H3/b22-14-. The molecule has 0 radical (unpaired) electrons. The molecule has 186 valence electrons. The van der Waals surface area contributed by atoms with Crippen LogP contribution in [0.3, 0.4) is 0 Å². The number of ether oxygens (including phenoxy) is 6. The molecule has 9 nitrogen and oxygen atoms in total. The first-order chi connectivity index (χ1) is 17.1. The molecule has 3 aliphatic heterocycles. The summed E-state index contributed by atoms with van der Waals surface area (Å²) in [6.07, 6.45) is 1.68. The molecule has 2 aromatic carbocycles. The van der Waals surface area contributed by atoms with E-state index >= 15 is 0 Å². The van der Waals surface area contributed by atoms with Gasteiger partial charge in [0.05, 0.1) is 45.7 Å². The summed E-state index contributed by atoms with van der Waals surface area (Å²) in [7, 11) is 4.65. The van der Waals surface area contributed by atoms with Crippen LogP contribution >= 0.6 is 0 Å². The molecule has 0 bridgehead atoms. The van der Waals surface area contributed by atoms with Crippen LogP contribution in [0.4, 0.5) is 0 Å². The number of rotatable bonds is 7. The number of carbonyl (C=O) groups is 1. The molecule has 0 amide bonds. The van der Waals surface area contributed by atoms with Gasteiger partial charge in [0, 0.05) is 38.3 Å². The Morgan fingerprint density at radius 2 is 1.71 bits per heavy atom. The highest BCUT2D eigenvalue weighted by Gasteiger charge is 2.34. The lowest BCUT2D eigenvalue weighted by atomic mass is 10.0. The van der Waals surface area contributed by atoms with Gasteiger partial charge in [-0.25, -0.2) is 0 Å². The maximum atomic E-state index is 13.2. The van der Waals surface area contributed by atoms with Gasteiger partial charge in [0.25, 0.3) is 0 Å². The zero-order valence-electron chi connectivity index (χ0n) is 20.3. The third-order valence-electron chi connectivity index (χ3n) is 6.54. The minimum Gasteiger partial charge on any atom is -0.493 e. The Morgan fingerprint density at radius 1 is 0.943 bits per heavy atom. The van der Waals surface area contributed by atoms with Crippen LogP contribution in [0, 0.1) is 0 Å². The molecular formula is C26H30N2O7. The maximum absolute atomic E-state index is 13.2. The molecule has 0 unspecified atom stereocenters. The summed E-state index contributed by atoms with van der Waals surface area (Å²) >= 11 is 0. The van der Waals surface area contributed by atoms with Crippen LogP contribution < -0.4 is 23.7 Å². The molecule has 0 saturated carbocycles. The molecular weight excluding hydrogens is 452 g/mol. The number of benzene rings is 2. The predicted molar refractivity (Wildman–Crippen MR) is 129 cm³/mol. The zero-order valence-corrected chi connectivity index (χ0v) is 20.3. The van der Waals surface area contributed by atoms with Crippen molar-refractivity contribution < 1.29 is 33.2 Å². The van der Waals surface area contributed by atoms with Crippen molar-refractivity contribution in [3.05, 3.63) is 46.7 Å². The Bertz CT molecular complexity index is 1140. The number of hydrogen-bond donors (Lipinski definition) is 0. The van der Waals surface area contributed by atoms with Crippen molar-refractivity contribution in [3.8, 4) is 28.7 Å². The van der Waals surface area contributed by atoms with Gasteiger partial charge >= 0.3 is 0 Å². The highest BCUT2D eigenvalue weighted by Crippen LogP contribution is 2.44. The lowest BCUT2D eigenvalue weighted by Crippen LogP contribution is -2.43. The summed E-state index contributed by atoms with van der Waals surface area (Å²) in [6, 6.07) is 7.20. The number of nitrogens with zero attached hydrogens (tertiary/aromatic N) is 2. The number of carbonyl (C=O) groups excluding carboxylic acids is 1. The molecule has 1 fully saturated rings. The van der Waals surface area contributed by atoms with Crippen molar-refractivity contribution in [3.63, 3.8) is 0 Å². The van der Waals surface area contributed by atoms with Crippen molar-refractivity contribution in [2.45, 2.75) is 6.54 Å². The molecule has 9 heteroatoms. The van der Waals surface area contributed by atoms with Crippen LogP contribution in [-0.2, 0) is 11.3 Å². The average Bonchev–Trinajstić information content (AvgIpc) is 3.22. The van der Waals surface area contributed by atoms with Gasteiger partial charge in [-0.3, -0.25) is 14.6 Å². The number of morpholine rings is 1. The number of ketones is 1. The minimum absolute atomic E-state index is 0.176. The maximum Gasteiger partial charge on any atom is 0.231 e. The molecule has 5 rings (SSSR count). The number of Topliss-reactive ketones (excluding diaryl/α,β-unsaturated/α-hetero) is 1. The molecule has 2 aromatic rings. The monoisotopic (exact) mass is 482 g/mol. The molecule has 0 spiro atoms. The second-order valence-corrected chi connectivity index (χ2v) is 8.56. The summed E-state index contributed by atoms with van der Waals surface area (Å²) in [5, 5.41) is 0. The second-order valence-electron chi connectivity index (χ2n) is 8.56. The van der Waals surface area contributed by atoms with E-state index in [-0.39, 0.29) is 11.5 Å². The van der Waals surface area contributed by atoms with Gasteiger partial charge in [-0.1, -0.05) is 0 Å². The van der Waals surface area contributed by atoms with Crippen molar-refractivity contribution >= 4 is 11.9 Å². The summed E-state index contributed by atoms with van der Waals surface area (Å²) in [4.78, 5) is 17.8. The third-order valence-corrected chi connectivity index (χ3v) is 6.54. The number of fused-ring (bicyclic) bond motifs is 3. The van der Waals surface area contributed by atoms with Gasteiger partial charge in [0.2, 0.25) is 11.5 Å². The van der Waals surface area contributed by atoms with E-state index < -0.39 is 0 Å². The first-order valence-electron chi connectivity index (χ1n) is 11.7.